The molecule has 13 nitrogen and oxygen atoms in total. The van der Waals surface area contributed by atoms with Crippen LogP contribution in [-0.4, -0.2) is 76.4 Å². The summed E-state index contributed by atoms with van der Waals surface area (Å²) in [5, 5.41) is 66.8. The highest BCUT2D eigenvalue weighted by molar-refractivity contribution is 14.1. The number of hydroxylamine groups is 6. The Morgan fingerprint density at radius 3 is 2.11 bits per heavy atom. The number of nitrogens with zero attached hydrogens (tertiary/aromatic N) is 4. The number of nitrogens with one attached hydrogen (secondary N) is 3. The van der Waals surface area contributed by atoms with Crippen molar-refractivity contribution in [3.05, 3.63) is 15.6 Å². The van der Waals surface area contributed by atoms with Gasteiger partial charge >= 0.3 is 0 Å². The summed E-state index contributed by atoms with van der Waals surface area (Å²) in [4.78, 5) is 2.90. The van der Waals surface area contributed by atoms with Crippen LogP contribution >= 0.6 is 34.5 Å². The molecule has 0 aromatic heterocycles. The maximum absolute atomic E-state index is 11.7. The second-order valence-electron chi connectivity index (χ2n) is 8.03. The van der Waals surface area contributed by atoms with Gasteiger partial charge in [-0.15, -0.1) is 0 Å². The Morgan fingerprint density at radius 1 is 1.14 bits per heavy atom. The van der Waals surface area contributed by atoms with E-state index in [1.165, 1.54) is 11.9 Å². The molecule has 0 spiro atoms. The molecule has 1 saturated carbocycles. The predicted molar refractivity (Wildman–Crippen MR) is 110 cm³/mol. The lowest BCUT2D eigenvalue weighted by Crippen LogP contribution is -2.66. The van der Waals surface area contributed by atoms with Gasteiger partial charge in [0.25, 0.3) is 0 Å². The molecule has 1 aliphatic carbocycles. The average Bonchev–Trinajstić information content (AvgIpc) is 3.00. The highest BCUT2D eigenvalue weighted by Gasteiger charge is 2.42. The van der Waals surface area contributed by atoms with Gasteiger partial charge in [-0.3, -0.25) is 21.0 Å². The van der Waals surface area contributed by atoms with E-state index in [-0.39, 0.29) is 37.9 Å². The van der Waals surface area contributed by atoms with Gasteiger partial charge in [-0.05, 0) is 30.2 Å². The van der Waals surface area contributed by atoms with Gasteiger partial charge in [0, 0.05) is 34.6 Å². The molecule has 6 N–H and O–H groups in total. The van der Waals surface area contributed by atoms with Gasteiger partial charge in [0.05, 0.1) is 0 Å². The minimum Gasteiger partial charge on any atom is -0.762 e. The van der Waals surface area contributed by atoms with E-state index in [2.05, 4.69) is 59.0 Å². The molecule has 1 aliphatic heterocycles. The normalized spacial score (nSPS) is 34.0. The van der Waals surface area contributed by atoms with Gasteiger partial charge in [-0.2, -0.15) is 10.4 Å². The van der Waals surface area contributed by atoms with E-state index < -0.39 is 29.7 Å². The summed E-state index contributed by atoms with van der Waals surface area (Å²) in [5.41, 5.74) is 2.60. The van der Waals surface area contributed by atoms with Crippen molar-refractivity contribution in [1.82, 2.24) is 36.4 Å². The van der Waals surface area contributed by atoms with Crippen LogP contribution in [0.5, 0.6) is 0 Å². The van der Waals surface area contributed by atoms with Crippen LogP contribution in [-0.2, 0) is 0 Å². The first kappa shape index (κ1) is 24.8. The molecule has 166 valence electrons. The number of hydrogen-bond donors (Lipinski definition) is 6. The molecule has 0 aromatic carbocycles. The molecule has 4 atom stereocenters. The van der Waals surface area contributed by atoms with E-state index in [0.717, 1.165) is 0 Å². The Morgan fingerprint density at radius 2 is 1.68 bits per heavy atom. The fourth-order valence-corrected chi connectivity index (χ4v) is 4.40. The number of hydrogen-bond acceptors (Lipinski definition) is 14. The van der Waals surface area contributed by atoms with Gasteiger partial charge in [0.1, 0.15) is 5.50 Å². The van der Waals surface area contributed by atoms with Crippen LogP contribution < -0.4 is 15.7 Å². The van der Waals surface area contributed by atoms with Crippen molar-refractivity contribution < 1.29 is 15.6 Å². The monoisotopic (exact) mass is 536 g/mol. The third-order valence-electron chi connectivity index (χ3n) is 5.01. The fourth-order valence-electron chi connectivity index (χ4n) is 3.20. The molecule has 15 heteroatoms. The first-order chi connectivity index (χ1) is 12.9. The van der Waals surface area contributed by atoms with Gasteiger partial charge in [0.15, 0.2) is 0 Å². The second-order valence-corrected chi connectivity index (χ2v) is 10.4. The van der Waals surface area contributed by atoms with Crippen LogP contribution in [0.15, 0.2) is 0 Å². The first-order valence-electron chi connectivity index (χ1n) is 8.70. The summed E-state index contributed by atoms with van der Waals surface area (Å²) in [7, 11) is 0. The minimum atomic E-state index is -1.22. The molecule has 0 aromatic rings. The Bertz CT molecular complexity index is 484. The average molecular weight is 536 g/mol. The predicted octanol–water partition coefficient (Wildman–Crippen LogP) is 0.518. The summed E-state index contributed by atoms with van der Waals surface area (Å²) in [6.45, 7) is 6.96. The summed E-state index contributed by atoms with van der Waals surface area (Å²) in [6.07, 6.45) is -0.367. The van der Waals surface area contributed by atoms with Crippen LogP contribution in [0.1, 0.15) is 33.6 Å². The van der Waals surface area contributed by atoms with Gasteiger partial charge in [-0.1, -0.05) is 43.4 Å². The highest BCUT2D eigenvalue weighted by Crippen LogP contribution is 2.32. The molecular weight excluding hydrogens is 509 g/mol. The van der Waals surface area contributed by atoms with E-state index in [0.29, 0.717) is 6.54 Å². The molecule has 0 amide bonds. The zero-order chi connectivity index (χ0) is 21.2. The van der Waals surface area contributed by atoms with E-state index >= 15 is 0 Å². The number of hydrazine groups is 2. The smallest absolute Gasteiger partial charge is 0.138 e. The lowest BCUT2D eigenvalue weighted by Gasteiger charge is -2.53. The topological polar surface area (TPSA) is 179 Å². The van der Waals surface area contributed by atoms with Crippen LogP contribution in [0.2, 0.25) is 0 Å². The molecule has 2 rings (SSSR count). The summed E-state index contributed by atoms with van der Waals surface area (Å²) in [6, 6.07) is -4.53. The van der Waals surface area contributed by atoms with Crippen molar-refractivity contribution >= 4 is 34.5 Å². The quantitative estimate of drug-likeness (QED) is 0.115. The lowest BCUT2D eigenvalue weighted by atomic mass is 9.83. The summed E-state index contributed by atoms with van der Waals surface area (Å²) < 4.78 is 0.260. The van der Waals surface area contributed by atoms with Crippen LogP contribution in [0.4, 0.5) is 0 Å². The molecule has 1 saturated heterocycles. The zero-order valence-electron chi connectivity index (χ0n) is 15.7. The summed E-state index contributed by atoms with van der Waals surface area (Å²) in [5.74, 6) is 0. The maximum atomic E-state index is 11.7. The number of halogens is 1. The zero-order valence-corrected chi connectivity index (χ0v) is 18.7. The molecule has 1 heterocycles. The van der Waals surface area contributed by atoms with E-state index in [4.69, 9.17) is 0 Å². The fraction of sp³-hybridized carbons (Fsp3) is 1.00. The van der Waals surface area contributed by atoms with Crippen molar-refractivity contribution in [1.29, 1.82) is 0 Å². The molecule has 3 unspecified atom stereocenters. The van der Waals surface area contributed by atoms with Crippen LogP contribution in [0, 0.1) is 21.0 Å². The van der Waals surface area contributed by atoms with Gasteiger partial charge < -0.3 is 31.2 Å². The molecule has 2 fully saturated rings. The lowest BCUT2D eigenvalue weighted by molar-refractivity contribution is -0.178. The molecule has 0 radical (unpaired) electrons. The van der Waals surface area contributed by atoms with Crippen LogP contribution in [0.3, 0.4) is 0 Å². The van der Waals surface area contributed by atoms with Crippen molar-refractivity contribution in [2.75, 3.05) is 6.54 Å². The molecular formula is C13H27IN7O6S-3. The first-order valence-corrected chi connectivity index (χ1v) is 10.8. The number of rotatable bonds is 7. The second kappa shape index (κ2) is 10.2. The largest absolute Gasteiger partial charge is 0.762 e. The minimum absolute atomic E-state index is 0.0374. The Balaban J connectivity index is 2.15. The van der Waals surface area contributed by atoms with Crippen molar-refractivity contribution in [3.63, 3.8) is 0 Å². The maximum Gasteiger partial charge on any atom is 0.138 e. The van der Waals surface area contributed by atoms with Crippen molar-refractivity contribution in [2.24, 2.45) is 5.41 Å². The van der Waals surface area contributed by atoms with E-state index in [1.807, 2.05) is 5.01 Å². The Labute approximate surface area is 181 Å². The molecule has 2 aliphatic rings. The van der Waals surface area contributed by atoms with Crippen molar-refractivity contribution in [3.8, 4) is 0 Å². The van der Waals surface area contributed by atoms with E-state index in [9.17, 15) is 31.2 Å². The third-order valence-corrected chi connectivity index (χ3v) is 8.10. The van der Waals surface area contributed by atoms with E-state index in [1.54, 1.807) is 0 Å². The third kappa shape index (κ3) is 6.28. The Kier molecular flexibility index (Phi) is 9.08. The Hall–Kier alpha value is 0.560. The summed E-state index contributed by atoms with van der Waals surface area (Å²) >= 11 is 3.60. The standard InChI is InChI=1S/C13H27IN7O6S/c1-13(2,3)10(14)6-18-12(28-17-16-18)15-11-8(20(24)25)4-7(19(22)23)5-9(11)21(26)27/h7-12,15-17,22,24,26H,4-6H2,1-3H3/q-3/t7?,8?,9?,10-,11?,12?/m0/s1. The molecule has 0 bridgehead atoms. The molecule has 28 heavy (non-hydrogen) atoms. The highest BCUT2D eigenvalue weighted by atomic mass is 127. The van der Waals surface area contributed by atoms with Crippen molar-refractivity contribution in [2.45, 2.75) is 67.2 Å². The number of alkyl halides is 1. The van der Waals surface area contributed by atoms with Gasteiger partial charge in [0.2, 0.25) is 0 Å². The van der Waals surface area contributed by atoms with Gasteiger partial charge in [-0.25, -0.2) is 5.01 Å². The SMILES string of the molecule is CC(C)(C)[C@@H](I)CN1NNSC1NC1C(N([O-])O)CC(N([O-])O)CC1N([O-])O. The van der Waals surface area contributed by atoms with Crippen LogP contribution in [0.25, 0.3) is 0 Å².